The van der Waals surface area contributed by atoms with E-state index in [9.17, 15) is 29.4 Å². The first kappa shape index (κ1) is 28.9. The summed E-state index contributed by atoms with van der Waals surface area (Å²) in [5.41, 5.74) is -0.658. The predicted molar refractivity (Wildman–Crippen MR) is 150 cm³/mol. The van der Waals surface area contributed by atoms with Crippen LogP contribution < -0.4 is 15.4 Å². The molecule has 9 nitrogen and oxygen atoms in total. The molecule has 0 saturated heterocycles. The average molecular weight is 567 g/mol. The highest BCUT2D eigenvalue weighted by atomic mass is 35.5. The molecule has 210 valence electrons. The first-order valence-corrected chi connectivity index (χ1v) is 13.3. The zero-order chi connectivity index (χ0) is 29.4. The maximum atomic E-state index is 13.8. The number of ether oxygens (including phenoxy) is 1. The molecule has 0 fully saturated rings. The molecule has 1 amide bonds. The van der Waals surface area contributed by atoms with E-state index in [1.807, 2.05) is 0 Å². The van der Waals surface area contributed by atoms with E-state index >= 15 is 0 Å². The number of halogens is 1. The lowest BCUT2D eigenvalue weighted by molar-refractivity contribution is -0.123. The third kappa shape index (κ3) is 5.09. The first-order valence-electron chi connectivity index (χ1n) is 13.0. The van der Waals surface area contributed by atoms with Crippen molar-refractivity contribution in [2.45, 2.75) is 58.8 Å². The van der Waals surface area contributed by atoms with E-state index in [2.05, 4.69) is 10.6 Å². The van der Waals surface area contributed by atoms with Crippen LogP contribution >= 0.6 is 11.6 Å². The van der Waals surface area contributed by atoms with Gasteiger partial charge in [-0.3, -0.25) is 19.2 Å². The first-order chi connectivity index (χ1) is 18.9. The number of hydrogen-bond donors (Lipinski definition) is 4. The lowest BCUT2D eigenvalue weighted by Gasteiger charge is -2.29. The molecule has 1 aliphatic carbocycles. The molecule has 1 unspecified atom stereocenters. The third-order valence-corrected chi connectivity index (χ3v) is 7.57. The summed E-state index contributed by atoms with van der Waals surface area (Å²) in [5.74, 6) is -2.67. The number of Topliss-reactive ketones (excluding diaryl/α,β-unsaturated/α-hetero) is 2. The van der Waals surface area contributed by atoms with Crippen molar-refractivity contribution in [1.82, 2.24) is 5.32 Å². The normalized spacial score (nSPS) is 18.9. The molecule has 1 aliphatic heterocycles. The van der Waals surface area contributed by atoms with Gasteiger partial charge in [0.15, 0.2) is 17.3 Å². The molecule has 10 heteroatoms. The van der Waals surface area contributed by atoms with Crippen molar-refractivity contribution in [3.63, 3.8) is 0 Å². The summed E-state index contributed by atoms with van der Waals surface area (Å²) < 4.78 is 5.78. The van der Waals surface area contributed by atoms with Crippen molar-refractivity contribution >= 4 is 40.5 Å². The maximum absolute atomic E-state index is 13.8. The lowest BCUT2D eigenvalue weighted by Crippen LogP contribution is -2.41. The van der Waals surface area contributed by atoms with Crippen LogP contribution in [0.1, 0.15) is 67.9 Å². The minimum absolute atomic E-state index is 0.00657. The van der Waals surface area contributed by atoms with Gasteiger partial charge in [-0.05, 0) is 58.7 Å². The minimum Gasteiger partial charge on any atom is -0.507 e. The van der Waals surface area contributed by atoms with Crippen molar-refractivity contribution in [2.75, 3.05) is 11.9 Å². The van der Waals surface area contributed by atoms with E-state index in [4.69, 9.17) is 16.3 Å². The quantitative estimate of drug-likeness (QED) is 0.144. The number of aromatic hydroxyl groups is 2. The number of nitrogens with one attached hydrogen (secondary N) is 2. The Labute approximate surface area is 236 Å². The Morgan fingerprint density at radius 2 is 1.80 bits per heavy atom. The number of phenols is 2. The lowest BCUT2D eigenvalue weighted by atomic mass is 9.70. The molecule has 40 heavy (non-hydrogen) atoms. The molecule has 2 aromatic rings. The average Bonchev–Trinajstić information content (AvgIpc) is 3.17. The summed E-state index contributed by atoms with van der Waals surface area (Å²) in [6.07, 6.45) is 3.63. The molecule has 0 spiro atoms. The molecule has 0 bridgehead atoms. The fourth-order valence-corrected chi connectivity index (χ4v) is 5.29. The van der Waals surface area contributed by atoms with E-state index in [1.54, 1.807) is 31.2 Å². The molecule has 2 aliphatic rings. The summed E-state index contributed by atoms with van der Waals surface area (Å²) in [5, 5.41) is 27.8. The molecule has 4 rings (SSSR count). The van der Waals surface area contributed by atoms with Gasteiger partial charge in [0.2, 0.25) is 5.91 Å². The topological polar surface area (TPSA) is 142 Å². The van der Waals surface area contributed by atoms with Gasteiger partial charge < -0.3 is 25.6 Å². The van der Waals surface area contributed by atoms with Crippen LogP contribution in [0, 0.1) is 6.92 Å². The van der Waals surface area contributed by atoms with Crippen LogP contribution in [-0.4, -0.2) is 40.0 Å². The Bertz CT molecular complexity index is 1510. The van der Waals surface area contributed by atoms with Gasteiger partial charge in [0.05, 0.1) is 11.1 Å². The Kier molecular flexibility index (Phi) is 8.07. The number of allylic oxidation sites excluding steroid dienone is 4. The number of fused-ring (bicyclic) bond motifs is 3. The third-order valence-electron chi connectivity index (χ3n) is 7.34. The highest BCUT2D eigenvalue weighted by Gasteiger charge is 2.56. The predicted octanol–water partition coefficient (Wildman–Crippen LogP) is 5.01. The number of phenolic OH excluding ortho intramolecular Hbond substituents is 2. The van der Waals surface area contributed by atoms with Crippen LogP contribution in [0.3, 0.4) is 0 Å². The second kappa shape index (κ2) is 11.2. The summed E-state index contributed by atoms with van der Waals surface area (Å²) in [4.78, 5) is 51.3. The Morgan fingerprint density at radius 3 is 2.48 bits per heavy atom. The number of carbonyl (C=O) groups is 4. The van der Waals surface area contributed by atoms with Crippen molar-refractivity contribution in [1.29, 1.82) is 0 Å². The smallest absolute Gasteiger partial charge is 0.224 e. The summed E-state index contributed by atoms with van der Waals surface area (Å²) >= 11 is 5.94. The van der Waals surface area contributed by atoms with Gasteiger partial charge >= 0.3 is 0 Å². The van der Waals surface area contributed by atoms with Crippen LogP contribution in [0.2, 0.25) is 5.02 Å². The number of rotatable bonds is 9. The van der Waals surface area contributed by atoms with Gasteiger partial charge in [-0.25, -0.2) is 0 Å². The molecule has 0 aromatic heterocycles. The molecular weight excluding hydrogens is 536 g/mol. The fraction of sp³-hybridized carbons (Fsp3) is 0.333. The molecular formula is C30H31ClN2O7. The van der Waals surface area contributed by atoms with Gasteiger partial charge in [0, 0.05) is 41.0 Å². The second-order valence-electron chi connectivity index (χ2n) is 10.2. The zero-order valence-corrected chi connectivity index (χ0v) is 23.5. The number of hydrogen-bond acceptors (Lipinski definition) is 8. The largest absolute Gasteiger partial charge is 0.507 e. The van der Waals surface area contributed by atoms with Gasteiger partial charge in [-0.2, -0.15) is 0 Å². The fourth-order valence-electron chi connectivity index (χ4n) is 5.10. The van der Waals surface area contributed by atoms with Crippen LogP contribution in [0.4, 0.5) is 5.69 Å². The van der Waals surface area contributed by atoms with Gasteiger partial charge in [0.1, 0.15) is 34.0 Å². The molecule has 0 radical (unpaired) electrons. The summed E-state index contributed by atoms with van der Waals surface area (Å²) in [6, 6.07) is 6.93. The van der Waals surface area contributed by atoms with Crippen molar-refractivity contribution in [2.24, 2.45) is 0 Å². The Morgan fingerprint density at radius 1 is 1.07 bits per heavy atom. The number of carbonyl (C=O) groups excluding carboxylic acids is 4. The number of ketones is 3. The molecule has 1 atom stereocenters. The Hall–Kier alpha value is -4.11. The van der Waals surface area contributed by atoms with Crippen LogP contribution in [0.15, 0.2) is 47.4 Å². The van der Waals surface area contributed by atoms with Crippen LogP contribution in [0.25, 0.3) is 0 Å². The molecule has 0 saturated carbocycles. The van der Waals surface area contributed by atoms with E-state index in [-0.39, 0.29) is 45.4 Å². The van der Waals surface area contributed by atoms with Crippen molar-refractivity contribution in [3.8, 4) is 17.2 Å². The number of unbranched alkanes of at least 4 members (excludes halogenated alkanes) is 2. The van der Waals surface area contributed by atoms with Gasteiger partial charge in [0.25, 0.3) is 0 Å². The SMILES string of the molecule is CC(=O)c1c(O)c(C)c(O)c2c1OC1=CC(=O)/C(=C(/C)NCCCCCC(=O)Nc3cccc(Cl)c3)C(=O)C12C. The number of amides is 1. The van der Waals surface area contributed by atoms with Gasteiger partial charge in [-0.1, -0.05) is 24.1 Å². The maximum Gasteiger partial charge on any atom is 0.224 e. The van der Waals surface area contributed by atoms with E-state index in [0.29, 0.717) is 42.2 Å². The highest BCUT2D eigenvalue weighted by Crippen LogP contribution is 2.57. The number of benzene rings is 2. The van der Waals surface area contributed by atoms with E-state index in [1.165, 1.54) is 26.8 Å². The monoisotopic (exact) mass is 566 g/mol. The number of anilines is 1. The summed E-state index contributed by atoms with van der Waals surface area (Å²) in [6.45, 7) is 6.31. The minimum atomic E-state index is -1.55. The zero-order valence-electron chi connectivity index (χ0n) is 22.7. The van der Waals surface area contributed by atoms with E-state index < -0.39 is 28.5 Å². The van der Waals surface area contributed by atoms with Crippen LogP contribution in [0.5, 0.6) is 17.2 Å². The highest BCUT2D eigenvalue weighted by molar-refractivity contribution is 6.31. The molecule has 1 heterocycles. The van der Waals surface area contributed by atoms with Crippen LogP contribution in [-0.2, 0) is 19.8 Å². The van der Waals surface area contributed by atoms with Gasteiger partial charge in [-0.15, -0.1) is 0 Å². The van der Waals surface area contributed by atoms with E-state index in [0.717, 1.165) is 6.42 Å². The second-order valence-corrected chi connectivity index (χ2v) is 10.6. The molecule has 4 N–H and O–H groups in total. The standard InChI is InChI=1S/C30H31ClN2O7/c1-15-26(37)24(17(3)34)28-25(27(15)38)30(4)21(40-28)14-20(35)23(29(30)39)16(2)32-12-7-5-6-11-22(36)33-19-10-8-9-18(31)13-19/h8-10,13-14,32,37-38H,5-7,11-12H2,1-4H3,(H,33,36)/b23-16+. The van der Waals surface area contributed by atoms with Crippen molar-refractivity contribution < 1.29 is 34.1 Å². The summed E-state index contributed by atoms with van der Waals surface area (Å²) in [7, 11) is 0. The van der Waals surface area contributed by atoms with Crippen molar-refractivity contribution in [3.05, 3.63) is 69.1 Å². The Balaban J connectivity index is 1.43. The molecule has 2 aromatic carbocycles.